The number of hydrogen-bond donors (Lipinski definition) is 2. The van der Waals surface area contributed by atoms with E-state index >= 15 is 0 Å². The number of carbonyl (C=O) groups excluding carboxylic acids is 1. The van der Waals surface area contributed by atoms with Crippen LogP contribution in [0.3, 0.4) is 0 Å². The molecular formula is C15H22ClNO2. The molecule has 1 aromatic carbocycles. The number of amides is 1. The average molecular weight is 284 g/mol. The molecule has 0 fully saturated rings. The van der Waals surface area contributed by atoms with Gasteiger partial charge in [0.15, 0.2) is 0 Å². The summed E-state index contributed by atoms with van der Waals surface area (Å²) >= 11 is 5.81. The predicted molar refractivity (Wildman–Crippen MR) is 78.1 cm³/mol. The molecule has 1 amide bonds. The van der Waals surface area contributed by atoms with Crippen LogP contribution in [0.25, 0.3) is 0 Å². The van der Waals surface area contributed by atoms with Gasteiger partial charge in [-0.3, -0.25) is 4.79 Å². The van der Waals surface area contributed by atoms with Crippen molar-refractivity contribution in [2.75, 3.05) is 0 Å². The van der Waals surface area contributed by atoms with Gasteiger partial charge in [-0.05, 0) is 31.0 Å². The Kier molecular flexibility index (Phi) is 6.32. The molecule has 0 saturated heterocycles. The van der Waals surface area contributed by atoms with E-state index in [2.05, 4.69) is 12.2 Å². The Labute approximate surface area is 120 Å². The largest absolute Gasteiger partial charge is 0.386 e. The molecule has 1 aromatic rings. The first-order valence-electron chi connectivity index (χ1n) is 6.69. The SMILES string of the molecule is CCCC(C)C(=O)NC(C)C(O)c1ccc(Cl)cc1. The van der Waals surface area contributed by atoms with E-state index in [4.69, 9.17) is 11.6 Å². The van der Waals surface area contributed by atoms with Crippen molar-refractivity contribution in [3.05, 3.63) is 34.9 Å². The van der Waals surface area contributed by atoms with Gasteiger partial charge in [-0.15, -0.1) is 0 Å². The van der Waals surface area contributed by atoms with Crippen LogP contribution in [-0.4, -0.2) is 17.1 Å². The summed E-state index contributed by atoms with van der Waals surface area (Å²) in [5.74, 6) is -0.0350. The van der Waals surface area contributed by atoms with Crippen LogP contribution in [0, 0.1) is 5.92 Å². The minimum absolute atomic E-state index is 0.0117. The maximum Gasteiger partial charge on any atom is 0.223 e. The van der Waals surface area contributed by atoms with Crippen LogP contribution >= 0.6 is 11.6 Å². The molecule has 1 rings (SSSR count). The van der Waals surface area contributed by atoms with Gasteiger partial charge in [-0.1, -0.05) is 44.0 Å². The second-order valence-electron chi connectivity index (χ2n) is 4.98. The molecule has 0 saturated carbocycles. The topological polar surface area (TPSA) is 49.3 Å². The molecule has 0 spiro atoms. The van der Waals surface area contributed by atoms with Crippen LogP contribution in [0.5, 0.6) is 0 Å². The monoisotopic (exact) mass is 283 g/mol. The van der Waals surface area contributed by atoms with E-state index in [9.17, 15) is 9.90 Å². The smallest absolute Gasteiger partial charge is 0.223 e. The van der Waals surface area contributed by atoms with Crippen molar-refractivity contribution in [2.24, 2.45) is 5.92 Å². The first-order valence-corrected chi connectivity index (χ1v) is 7.07. The highest BCUT2D eigenvalue weighted by molar-refractivity contribution is 6.30. The summed E-state index contributed by atoms with van der Waals surface area (Å²) in [6.45, 7) is 5.76. The van der Waals surface area contributed by atoms with Crippen LogP contribution in [0.4, 0.5) is 0 Å². The standard InChI is InChI=1S/C15H22ClNO2/c1-4-5-10(2)15(19)17-11(3)14(18)12-6-8-13(16)9-7-12/h6-11,14,18H,4-5H2,1-3H3,(H,17,19). The van der Waals surface area contributed by atoms with Crippen LogP contribution < -0.4 is 5.32 Å². The number of rotatable bonds is 6. The Hall–Kier alpha value is -1.06. The molecule has 3 nitrogen and oxygen atoms in total. The minimum atomic E-state index is -0.727. The summed E-state index contributed by atoms with van der Waals surface area (Å²) in [5, 5.41) is 13.7. The molecule has 0 radical (unpaired) electrons. The van der Waals surface area contributed by atoms with Gasteiger partial charge >= 0.3 is 0 Å². The lowest BCUT2D eigenvalue weighted by Gasteiger charge is -2.22. The first kappa shape index (κ1) is 16.0. The third kappa shape index (κ3) is 4.84. The molecule has 2 N–H and O–H groups in total. The van der Waals surface area contributed by atoms with Crippen molar-refractivity contribution in [3.63, 3.8) is 0 Å². The number of hydrogen-bond acceptors (Lipinski definition) is 2. The van der Waals surface area contributed by atoms with Crippen LogP contribution in [0.15, 0.2) is 24.3 Å². The van der Waals surface area contributed by atoms with Gasteiger partial charge in [-0.2, -0.15) is 0 Å². The van der Waals surface area contributed by atoms with Crippen LogP contribution in [-0.2, 0) is 4.79 Å². The van der Waals surface area contributed by atoms with Gasteiger partial charge in [0, 0.05) is 10.9 Å². The molecule has 0 aliphatic carbocycles. The molecule has 4 heteroatoms. The summed E-state index contributed by atoms with van der Waals surface area (Å²) in [6, 6.07) is 6.67. The Balaban J connectivity index is 2.59. The third-order valence-electron chi connectivity index (χ3n) is 3.22. The quantitative estimate of drug-likeness (QED) is 0.841. The van der Waals surface area contributed by atoms with Crippen molar-refractivity contribution in [1.82, 2.24) is 5.32 Å². The number of halogens is 1. The van der Waals surface area contributed by atoms with Crippen molar-refractivity contribution in [1.29, 1.82) is 0 Å². The van der Waals surface area contributed by atoms with E-state index in [0.29, 0.717) is 5.02 Å². The van der Waals surface area contributed by atoms with E-state index in [1.807, 2.05) is 6.92 Å². The highest BCUT2D eigenvalue weighted by Crippen LogP contribution is 2.19. The van der Waals surface area contributed by atoms with E-state index in [1.165, 1.54) is 0 Å². The summed E-state index contributed by atoms with van der Waals surface area (Å²) in [5.41, 5.74) is 0.750. The molecule has 19 heavy (non-hydrogen) atoms. The van der Waals surface area contributed by atoms with Gasteiger partial charge in [0.2, 0.25) is 5.91 Å². The van der Waals surface area contributed by atoms with E-state index in [1.54, 1.807) is 31.2 Å². The van der Waals surface area contributed by atoms with E-state index < -0.39 is 6.10 Å². The van der Waals surface area contributed by atoms with Crippen molar-refractivity contribution in [3.8, 4) is 0 Å². The summed E-state index contributed by atoms with van der Waals surface area (Å²) in [4.78, 5) is 11.9. The lowest BCUT2D eigenvalue weighted by atomic mass is 10.0. The maximum atomic E-state index is 11.9. The molecule has 3 atom stereocenters. The summed E-state index contributed by atoms with van der Waals surface area (Å²) in [7, 11) is 0. The van der Waals surface area contributed by atoms with Gasteiger partial charge in [0.1, 0.15) is 0 Å². The van der Waals surface area contributed by atoms with Gasteiger partial charge in [-0.25, -0.2) is 0 Å². The Morgan fingerprint density at radius 1 is 1.32 bits per heavy atom. The number of carbonyl (C=O) groups is 1. The molecule has 0 aromatic heterocycles. The minimum Gasteiger partial charge on any atom is -0.386 e. The Morgan fingerprint density at radius 2 is 1.89 bits per heavy atom. The average Bonchev–Trinajstić information content (AvgIpc) is 2.38. The highest BCUT2D eigenvalue weighted by Gasteiger charge is 2.20. The van der Waals surface area contributed by atoms with Gasteiger partial charge < -0.3 is 10.4 Å². The van der Waals surface area contributed by atoms with E-state index in [0.717, 1.165) is 18.4 Å². The van der Waals surface area contributed by atoms with Crippen molar-refractivity contribution in [2.45, 2.75) is 45.8 Å². The molecule has 106 valence electrons. The zero-order valence-corrected chi connectivity index (χ0v) is 12.4. The fourth-order valence-electron chi connectivity index (χ4n) is 1.96. The first-order chi connectivity index (χ1) is 8.95. The maximum absolute atomic E-state index is 11.9. The van der Waals surface area contributed by atoms with Crippen molar-refractivity contribution < 1.29 is 9.90 Å². The molecule has 0 bridgehead atoms. The lowest BCUT2D eigenvalue weighted by molar-refractivity contribution is -0.126. The van der Waals surface area contributed by atoms with Crippen molar-refractivity contribution >= 4 is 17.5 Å². The summed E-state index contributed by atoms with van der Waals surface area (Å²) in [6.07, 6.45) is 1.10. The summed E-state index contributed by atoms with van der Waals surface area (Å²) < 4.78 is 0. The predicted octanol–water partition coefficient (Wildman–Crippen LogP) is 3.31. The molecule has 0 heterocycles. The fraction of sp³-hybridized carbons (Fsp3) is 0.533. The van der Waals surface area contributed by atoms with Crippen LogP contribution in [0.2, 0.25) is 5.02 Å². The normalized spacial score (nSPS) is 15.6. The van der Waals surface area contributed by atoms with Gasteiger partial charge in [0.25, 0.3) is 0 Å². The number of aliphatic hydroxyl groups excluding tert-OH is 1. The number of nitrogens with one attached hydrogen (secondary N) is 1. The second kappa shape index (κ2) is 7.51. The van der Waals surface area contributed by atoms with Gasteiger partial charge in [0.05, 0.1) is 12.1 Å². The Morgan fingerprint density at radius 3 is 2.42 bits per heavy atom. The fourth-order valence-corrected chi connectivity index (χ4v) is 2.08. The number of aliphatic hydroxyl groups is 1. The second-order valence-corrected chi connectivity index (χ2v) is 5.42. The molecule has 3 unspecified atom stereocenters. The zero-order chi connectivity index (χ0) is 14.4. The van der Waals surface area contributed by atoms with E-state index in [-0.39, 0.29) is 17.9 Å². The zero-order valence-electron chi connectivity index (χ0n) is 11.7. The number of benzene rings is 1. The van der Waals surface area contributed by atoms with Crippen LogP contribution in [0.1, 0.15) is 45.3 Å². The molecule has 0 aliphatic rings. The highest BCUT2D eigenvalue weighted by atomic mass is 35.5. The lowest BCUT2D eigenvalue weighted by Crippen LogP contribution is -2.39. The molecule has 0 aliphatic heterocycles. The molecular weight excluding hydrogens is 262 g/mol. The Bertz CT molecular complexity index is 405. The third-order valence-corrected chi connectivity index (χ3v) is 3.48.